The lowest BCUT2D eigenvalue weighted by molar-refractivity contribution is -0.140. The van der Waals surface area contributed by atoms with E-state index < -0.39 is 23.6 Å². The molecule has 2 aromatic rings. The van der Waals surface area contributed by atoms with E-state index in [1.165, 1.54) is 24.5 Å². The minimum absolute atomic E-state index is 0.00241. The molecule has 1 amide bonds. The topological polar surface area (TPSA) is 104 Å². The summed E-state index contributed by atoms with van der Waals surface area (Å²) < 4.78 is 24.7. The first kappa shape index (κ1) is 23.2. The van der Waals surface area contributed by atoms with Crippen LogP contribution in [-0.4, -0.2) is 24.2 Å². The van der Waals surface area contributed by atoms with Crippen LogP contribution in [0.5, 0.6) is 0 Å². The summed E-state index contributed by atoms with van der Waals surface area (Å²) in [5.41, 5.74) is 0.927. The van der Waals surface area contributed by atoms with E-state index in [0.717, 1.165) is 11.8 Å². The lowest BCUT2D eigenvalue weighted by atomic mass is 9.85. The molecule has 3 rings (SSSR count). The second-order valence-electron chi connectivity index (χ2n) is 6.91. The number of furan rings is 1. The number of ether oxygens (including phenoxy) is 1. The number of halogens is 1. The fourth-order valence-corrected chi connectivity index (χ4v) is 4.10. The van der Waals surface area contributed by atoms with Gasteiger partial charge in [-0.2, -0.15) is 5.26 Å². The second-order valence-corrected chi connectivity index (χ2v) is 7.90. The van der Waals surface area contributed by atoms with Crippen molar-refractivity contribution in [2.45, 2.75) is 26.2 Å². The average molecular weight is 456 g/mol. The van der Waals surface area contributed by atoms with Crippen LogP contribution in [0.15, 0.2) is 69.0 Å². The maximum absolute atomic E-state index is 14.1. The van der Waals surface area contributed by atoms with Crippen LogP contribution >= 0.6 is 11.8 Å². The molecule has 0 spiro atoms. The van der Waals surface area contributed by atoms with Crippen LogP contribution in [0, 0.1) is 17.1 Å². The Hall–Kier alpha value is -3.51. The van der Waals surface area contributed by atoms with Crippen LogP contribution in [0.2, 0.25) is 0 Å². The number of hydrogen-bond acceptors (Lipinski definition) is 7. The molecule has 0 saturated carbocycles. The van der Waals surface area contributed by atoms with Crippen molar-refractivity contribution in [1.82, 2.24) is 5.32 Å². The molecule has 32 heavy (non-hydrogen) atoms. The molecule has 9 heteroatoms. The van der Waals surface area contributed by atoms with Crippen LogP contribution in [0.25, 0.3) is 0 Å². The standard InChI is InChI=1S/C23H22FN3O4S/c1-3-10-31-19(28)13-32-23-15(12-25)21(18-9-6-11-30-18)20(14(2)26-23)22(29)27-17-8-5-4-7-16(17)24/h4-9,11,21,26H,3,10,13H2,1-2H3,(H,27,29). The maximum Gasteiger partial charge on any atom is 0.316 e. The molecule has 1 unspecified atom stereocenters. The molecule has 1 aliphatic heterocycles. The van der Waals surface area contributed by atoms with Crippen molar-refractivity contribution in [2.75, 3.05) is 17.7 Å². The zero-order valence-corrected chi connectivity index (χ0v) is 18.4. The van der Waals surface area contributed by atoms with E-state index in [1.54, 1.807) is 25.1 Å². The summed E-state index contributed by atoms with van der Waals surface area (Å²) in [6.45, 7) is 3.90. The molecule has 166 valence electrons. The third-order valence-electron chi connectivity index (χ3n) is 4.64. The Kier molecular flexibility index (Phi) is 7.73. The quantitative estimate of drug-likeness (QED) is 0.567. The van der Waals surface area contributed by atoms with Crippen LogP contribution in [-0.2, 0) is 14.3 Å². The molecule has 1 aromatic carbocycles. The Morgan fingerprint density at radius 3 is 2.75 bits per heavy atom. The summed E-state index contributed by atoms with van der Waals surface area (Å²) in [5.74, 6) is -1.98. The van der Waals surface area contributed by atoms with Crippen LogP contribution in [0.3, 0.4) is 0 Å². The number of anilines is 1. The van der Waals surface area contributed by atoms with E-state index in [0.29, 0.717) is 29.5 Å². The highest BCUT2D eigenvalue weighted by molar-refractivity contribution is 8.03. The number of amides is 1. The molecule has 7 nitrogen and oxygen atoms in total. The number of nitriles is 1. The second kappa shape index (κ2) is 10.7. The fourth-order valence-electron chi connectivity index (χ4n) is 3.21. The third kappa shape index (κ3) is 5.21. The van der Waals surface area contributed by atoms with Gasteiger partial charge >= 0.3 is 5.97 Å². The van der Waals surface area contributed by atoms with E-state index in [4.69, 9.17) is 9.15 Å². The average Bonchev–Trinajstić information content (AvgIpc) is 3.31. The van der Waals surface area contributed by atoms with E-state index in [2.05, 4.69) is 16.7 Å². The number of thioether (sulfide) groups is 1. The van der Waals surface area contributed by atoms with Crippen molar-refractivity contribution in [3.63, 3.8) is 0 Å². The smallest absolute Gasteiger partial charge is 0.316 e. The number of esters is 1. The Labute approximate surface area is 189 Å². The van der Waals surface area contributed by atoms with Gasteiger partial charge in [0, 0.05) is 5.70 Å². The molecular formula is C23H22FN3O4S. The number of para-hydroxylation sites is 1. The minimum Gasteiger partial charge on any atom is -0.468 e. The minimum atomic E-state index is -0.822. The van der Waals surface area contributed by atoms with Gasteiger partial charge in [0.1, 0.15) is 11.6 Å². The normalized spacial score (nSPS) is 15.8. The van der Waals surface area contributed by atoms with Crippen molar-refractivity contribution in [1.29, 1.82) is 5.26 Å². The van der Waals surface area contributed by atoms with Crippen LogP contribution in [0.1, 0.15) is 31.9 Å². The highest BCUT2D eigenvalue weighted by atomic mass is 32.2. The number of nitrogens with zero attached hydrogens (tertiary/aromatic N) is 1. The monoisotopic (exact) mass is 455 g/mol. The number of carbonyl (C=O) groups is 2. The van der Waals surface area contributed by atoms with Crippen molar-refractivity contribution in [3.8, 4) is 6.07 Å². The first-order chi connectivity index (χ1) is 15.5. The van der Waals surface area contributed by atoms with Gasteiger partial charge in [0.15, 0.2) is 0 Å². The number of rotatable bonds is 8. The Morgan fingerprint density at radius 1 is 1.31 bits per heavy atom. The molecule has 0 fully saturated rings. The molecule has 0 bridgehead atoms. The van der Waals surface area contributed by atoms with E-state index >= 15 is 0 Å². The summed E-state index contributed by atoms with van der Waals surface area (Å²) in [5, 5.41) is 16.0. The molecular weight excluding hydrogens is 433 g/mol. The Morgan fingerprint density at radius 2 is 2.09 bits per heavy atom. The van der Waals surface area contributed by atoms with Crippen molar-refractivity contribution in [2.24, 2.45) is 0 Å². The summed E-state index contributed by atoms with van der Waals surface area (Å²) in [4.78, 5) is 25.1. The highest BCUT2D eigenvalue weighted by Crippen LogP contribution is 2.41. The molecule has 2 heterocycles. The molecule has 0 saturated heterocycles. The summed E-state index contributed by atoms with van der Waals surface area (Å²) in [6, 6.07) is 11.3. The first-order valence-corrected chi connectivity index (χ1v) is 10.9. The molecule has 1 aliphatic rings. The molecule has 2 N–H and O–H groups in total. The Balaban J connectivity index is 1.93. The van der Waals surface area contributed by atoms with Crippen molar-refractivity contribution in [3.05, 3.63) is 76.1 Å². The van der Waals surface area contributed by atoms with Gasteiger partial charge in [0.05, 0.1) is 52.5 Å². The fraction of sp³-hybridized carbons (Fsp3) is 0.261. The summed E-state index contributed by atoms with van der Waals surface area (Å²) in [6.07, 6.45) is 2.16. The van der Waals surface area contributed by atoms with Crippen LogP contribution < -0.4 is 10.6 Å². The van der Waals surface area contributed by atoms with Gasteiger partial charge in [-0.1, -0.05) is 30.8 Å². The largest absolute Gasteiger partial charge is 0.468 e. The van der Waals surface area contributed by atoms with Gasteiger partial charge in [-0.05, 0) is 37.6 Å². The summed E-state index contributed by atoms with van der Waals surface area (Å²) in [7, 11) is 0. The highest BCUT2D eigenvalue weighted by Gasteiger charge is 2.36. The predicted octanol–water partition coefficient (Wildman–Crippen LogP) is 4.44. The van der Waals surface area contributed by atoms with E-state index in [-0.39, 0.29) is 22.6 Å². The maximum atomic E-state index is 14.1. The van der Waals surface area contributed by atoms with Crippen molar-refractivity contribution >= 4 is 29.3 Å². The van der Waals surface area contributed by atoms with Crippen molar-refractivity contribution < 1.29 is 23.1 Å². The van der Waals surface area contributed by atoms with Gasteiger partial charge in [-0.25, -0.2) is 4.39 Å². The number of nitrogens with one attached hydrogen (secondary N) is 2. The SMILES string of the molecule is CCCOC(=O)CSC1=C(C#N)C(c2ccco2)C(C(=O)Nc2ccccc2F)=C(C)N1. The van der Waals surface area contributed by atoms with Gasteiger partial charge in [-0.3, -0.25) is 9.59 Å². The lowest BCUT2D eigenvalue weighted by Gasteiger charge is -2.28. The number of carbonyl (C=O) groups excluding carboxylic acids is 2. The number of dihydropyridines is 1. The van der Waals surface area contributed by atoms with E-state index in [9.17, 15) is 19.2 Å². The zero-order chi connectivity index (χ0) is 23.1. The third-order valence-corrected chi connectivity index (χ3v) is 5.63. The number of allylic oxidation sites excluding steroid dienone is 2. The Bertz CT molecular complexity index is 1100. The molecule has 0 radical (unpaired) electrons. The van der Waals surface area contributed by atoms with Gasteiger partial charge in [0.2, 0.25) is 0 Å². The zero-order valence-electron chi connectivity index (χ0n) is 17.6. The summed E-state index contributed by atoms with van der Waals surface area (Å²) >= 11 is 1.12. The van der Waals surface area contributed by atoms with Gasteiger partial charge < -0.3 is 19.8 Å². The van der Waals surface area contributed by atoms with Crippen LogP contribution in [0.4, 0.5) is 10.1 Å². The molecule has 1 aromatic heterocycles. The molecule has 0 aliphatic carbocycles. The first-order valence-electron chi connectivity index (χ1n) is 9.96. The van der Waals surface area contributed by atoms with E-state index in [1.807, 2.05) is 6.92 Å². The number of benzene rings is 1. The molecule has 1 atom stereocenters. The van der Waals surface area contributed by atoms with Gasteiger partial charge in [-0.15, -0.1) is 0 Å². The predicted molar refractivity (Wildman–Crippen MR) is 119 cm³/mol. The number of hydrogen-bond donors (Lipinski definition) is 2. The lowest BCUT2D eigenvalue weighted by Crippen LogP contribution is -2.31. The van der Waals surface area contributed by atoms with Gasteiger partial charge in [0.25, 0.3) is 5.91 Å².